The van der Waals surface area contributed by atoms with Crippen molar-refractivity contribution in [2.75, 3.05) is 10.2 Å². The van der Waals surface area contributed by atoms with Crippen molar-refractivity contribution in [2.45, 2.75) is 34.6 Å². The molecular weight excluding hydrogens is 420 g/mol. The number of carbonyl (C=O) groups excluding carboxylic acids is 2. The Morgan fingerprint density at radius 3 is 2.09 bits per heavy atom. The SMILES string of the molecule is Cc1ccc(NC2=C(c3ccc(C)cc3C)C(=O)N(c3cccc(Cl)c3C)C2=O)c(C)c1. The molecule has 0 atom stereocenters. The first kappa shape index (κ1) is 21.8. The lowest BCUT2D eigenvalue weighted by atomic mass is 9.97. The highest BCUT2D eigenvalue weighted by Gasteiger charge is 2.41. The van der Waals surface area contributed by atoms with Crippen molar-refractivity contribution in [3.63, 3.8) is 0 Å². The predicted octanol–water partition coefficient (Wildman–Crippen LogP) is 6.28. The van der Waals surface area contributed by atoms with Crippen LogP contribution in [-0.4, -0.2) is 11.8 Å². The molecule has 0 saturated heterocycles. The second-order valence-corrected chi connectivity index (χ2v) is 8.75. The summed E-state index contributed by atoms with van der Waals surface area (Å²) in [5.74, 6) is -0.755. The fraction of sp³-hybridized carbons (Fsp3) is 0.185. The Kier molecular flexibility index (Phi) is 5.66. The van der Waals surface area contributed by atoms with Gasteiger partial charge in [-0.25, -0.2) is 4.90 Å². The van der Waals surface area contributed by atoms with Gasteiger partial charge in [-0.3, -0.25) is 9.59 Å². The molecule has 162 valence electrons. The number of halogens is 1. The number of hydrogen-bond acceptors (Lipinski definition) is 3. The van der Waals surface area contributed by atoms with E-state index in [-0.39, 0.29) is 11.6 Å². The summed E-state index contributed by atoms with van der Waals surface area (Å²) in [5, 5.41) is 3.78. The first-order valence-corrected chi connectivity index (χ1v) is 10.9. The van der Waals surface area contributed by atoms with Crippen molar-refractivity contribution in [1.82, 2.24) is 0 Å². The number of benzene rings is 3. The van der Waals surface area contributed by atoms with E-state index >= 15 is 0 Å². The fourth-order valence-corrected chi connectivity index (χ4v) is 4.30. The molecule has 0 saturated carbocycles. The van der Waals surface area contributed by atoms with Gasteiger partial charge in [-0.15, -0.1) is 0 Å². The summed E-state index contributed by atoms with van der Waals surface area (Å²) in [7, 11) is 0. The third kappa shape index (κ3) is 3.71. The Morgan fingerprint density at radius 1 is 0.781 bits per heavy atom. The summed E-state index contributed by atoms with van der Waals surface area (Å²) in [5.41, 5.74) is 7.50. The zero-order valence-electron chi connectivity index (χ0n) is 18.8. The van der Waals surface area contributed by atoms with Gasteiger partial charge in [-0.05, 0) is 75.1 Å². The number of carbonyl (C=O) groups is 2. The molecule has 1 aliphatic rings. The van der Waals surface area contributed by atoms with E-state index in [1.807, 2.05) is 71.0 Å². The van der Waals surface area contributed by atoms with Gasteiger partial charge in [0.2, 0.25) is 0 Å². The van der Waals surface area contributed by atoms with E-state index < -0.39 is 5.91 Å². The monoisotopic (exact) mass is 444 g/mol. The Morgan fingerprint density at radius 2 is 1.44 bits per heavy atom. The highest BCUT2D eigenvalue weighted by atomic mass is 35.5. The van der Waals surface area contributed by atoms with Gasteiger partial charge >= 0.3 is 0 Å². The van der Waals surface area contributed by atoms with Crippen molar-refractivity contribution in [2.24, 2.45) is 0 Å². The first-order valence-electron chi connectivity index (χ1n) is 10.5. The van der Waals surface area contributed by atoms with E-state index in [1.165, 1.54) is 4.90 Å². The van der Waals surface area contributed by atoms with Crippen LogP contribution in [0, 0.1) is 34.6 Å². The highest BCUT2D eigenvalue weighted by Crippen LogP contribution is 2.38. The number of imide groups is 1. The molecule has 32 heavy (non-hydrogen) atoms. The zero-order valence-corrected chi connectivity index (χ0v) is 19.6. The predicted molar refractivity (Wildman–Crippen MR) is 131 cm³/mol. The van der Waals surface area contributed by atoms with Crippen molar-refractivity contribution >= 4 is 40.4 Å². The third-order valence-electron chi connectivity index (χ3n) is 5.86. The van der Waals surface area contributed by atoms with Crippen LogP contribution in [0.15, 0.2) is 60.3 Å². The number of nitrogens with zero attached hydrogens (tertiary/aromatic N) is 1. The van der Waals surface area contributed by atoms with Crippen molar-refractivity contribution in [3.05, 3.63) is 98.7 Å². The van der Waals surface area contributed by atoms with E-state index in [4.69, 9.17) is 11.6 Å². The van der Waals surface area contributed by atoms with Crippen LogP contribution in [0.3, 0.4) is 0 Å². The average molecular weight is 445 g/mol. The maximum absolute atomic E-state index is 13.7. The quantitative estimate of drug-likeness (QED) is 0.482. The van der Waals surface area contributed by atoms with Gasteiger partial charge in [-0.2, -0.15) is 0 Å². The van der Waals surface area contributed by atoms with Crippen LogP contribution in [0.25, 0.3) is 5.57 Å². The first-order chi connectivity index (χ1) is 15.2. The van der Waals surface area contributed by atoms with Gasteiger partial charge in [-0.1, -0.05) is 59.1 Å². The van der Waals surface area contributed by atoms with Gasteiger partial charge in [0, 0.05) is 10.7 Å². The second-order valence-electron chi connectivity index (χ2n) is 8.34. The van der Waals surface area contributed by atoms with Crippen LogP contribution in [-0.2, 0) is 9.59 Å². The lowest BCUT2D eigenvalue weighted by Gasteiger charge is -2.19. The number of hydrogen-bond donors (Lipinski definition) is 1. The van der Waals surface area contributed by atoms with Crippen LogP contribution in [0.1, 0.15) is 33.4 Å². The van der Waals surface area contributed by atoms with E-state index in [0.717, 1.165) is 33.5 Å². The molecule has 2 amide bonds. The van der Waals surface area contributed by atoms with Crippen molar-refractivity contribution < 1.29 is 9.59 Å². The second kappa shape index (κ2) is 8.29. The summed E-state index contributed by atoms with van der Waals surface area (Å²) in [6, 6.07) is 17.1. The Labute approximate surface area is 193 Å². The number of rotatable bonds is 4. The van der Waals surface area contributed by atoms with Crippen molar-refractivity contribution in [1.29, 1.82) is 0 Å². The van der Waals surface area contributed by atoms with Crippen LogP contribution in [0.2, 0.25) is 5.02 Å². The summed E-state index contributed by atoms with van der Waals surface area (Å²) >= 11 is 6.31. The minimum atomic E-state index is -0.393. The lowest BCUT2D eigenvalue weighted by molar-refractivity contribution is -0.120. The van der Waals surface area contributed by atoms with E-state index in [0.29, 0.717) is 21.8 Å². The fourth-order valence-electron chi connectivity index (χ4n) is 4.14. The Balaban J connectivity index is 1.90. The van der Waals surface area contributed by atoms with Gasteiger partial charge in [0.05, 0.1) is 11.3 Å². The Bertz CT molecular complexity index is 1310. The molecule has 0 bridgehead atoms. The number of aryl methyl sites for hydroxylation is 4. The lowest BCUT2D eigenvalue weighted by Crippen LogP contribution is -2.33. The van der Waals surface area contributed by atoms with Crippen molar-refractivity contribution in [3.8, 4) is 0 Å². The maximum atomic E-state index is 13.7. The summed E-state index contributed by atoms with van der Waals surface area (Å²) in [4.78, 5) is 28.6. The van der Waals surface area contributed by atoms with Crippen LogP contribution < -0.4 is 10.2 Å². The molecule has 1 N–H and O–H groups in total. The van der Waals surface area contributed by atoms with Crippen LogP contribution in [0.4, 0.5) is 11.4 Å². The number of nitrogens with one attached hydrogen (secondary N) is 1. The molecule has 3 aromatic carbocycles. The molecule has 1 aliphatic heterocycles. The molecule has 3 aromatic rings. The molecule has 0 fully saturated rings. The molecule has 0 spiro atoms. The highest BCUT2D eigenvalue weighted by molar-refractivity contribution is 6.46. The molecular formula is C27H25ClN2O2. The molecule has 1 heterocycles. The smallest absolute Gasteiger partial charge is 0.282 e. The topological polar surface area (TPSA) is 49.4 Å². The third-order valence-corrected chi connectivity index (χ3v) is 6.27. The molecule has 4 nitrogen and oxygen atoms in total. The molecule has 4 rings (SSSR count). The molecule has 0 unspecified atom stereocenters. The summed E-state index contributed by atoms with van der Waals surface area (Å²) < 4.78 is 0. The number of anilines is 2. The number of amides is 2. The van der Waals surface area contributed by atoms with Gasteiger partial charge in [0.1, 0.15) is 5.70 Å². The normalized spacial score (nSPS) is 13.9. The molecule has 0 radical (unpaired) electrons. The molecule has 0 aromatic heterocycles. The van der Waals surface area contributed by atoms with E-state index in [9.17, 15) is 9.59 Å². The maximum Gasteiger partial charge on any atom is 0.282 e. The Hall–Kier alpha value is -3.37. The average Bonchev–Trinajstić information content (AvgIpc) is 2.96. The minimum absolute atomic E-state index is 0.272. The van der Waals surface area contributed by atoms with E-state index in [2.05, 4.69) is 5.32 Å². The largest absolute Gasteiger partial charge is 0.350 e. The van der Waals surface area contributed by atoms with Gasteiger partial charge in [0.25, 0.3) is 11.8 Å². The molecule has 0 aliphatic carbocycles. The minimum Gasteiger partial charge on any atom is -0.350 e. The van der Waals surface area contributed by atoms with Gasteiger partial charge in [0.15, 0.2) is 0 Å². The standard InChI is InChI=1S/C27H25ClN2O2/c1-15-9-11-20(17(3)13-15)24-25(29-22-12-10-16(2)14-18(22)4)27(32)30(26(24)31)23-8-6-7-21(28)19(23)5/h6-14,29H,1-5H3. The van der Waals surface area contributed by atoms with Gasteiger partial charge < -0.3 is 5.32 Å². The zero-order chi connectivity index (χ0) is 23.2. The van der Waals surface area contributed by atoms with Crippen LogP contribution >= 0.6 is 11.6 Å². The molecule has 5 heteroatoms. The van der Waals surface area contributed by atoms with Crippen LogP contribution in [0.5, 0.6) is 0 Å². The van der Waals surface area contributed by atoms with E-state index in [1.54, 1.807) is 18.2 Å². The summed E-state index contributed by atoms with van der Waals surface area (Å²) in [6.45, 7) is 9.76. The summed E-state index contributed by atoms with van der Waals surface area (Å²) in [6.07, 6.45) is 0.